The molecule has 0 aliphatic carbocycles. The van der Waals surface area contributed by atoms with Crippen LogP contribution in [0.15, 0.2) is 30.3 Å². The van der Waals surface area contributed by atoms with Crippen LogP contribution < -0.4 is 5.32 Å². The first-order valence-electron chi connectivity index (χ1n) is 9.33. The topological polar surface area (TPSA) is 49.4 Å². The molecule has 30 heavy (non-hydrogen) atoms. The first-order valence-corrected chi connectivity index (χ1v) is 9.71. The predicted molar refractivity (Wildman–Crippen MR) is 105 cm³/mol. The van der Waals surface area contributed by atoms with Gasteiger partial charge in [0.25, 0.3) is 0 Å². The van der Waals surface area contributed by atoms with Crippen molar-refractivity contribution in [1.82, 2.24) is 4.90 Å². The molecule has 3 rings (SSSR count). The molecule has 0 aromatic heterocycles. The summed E-state index contributed by atoms with van der Waals surface area (Å²) in [6.07, 6.45) is -4.20. The minimum absolute atomic E-state index is 0.0329. The molecule has 0 unspecified atom stereocenters. The lowest BCUT2D eigenvalue weighted by atomic mass is 9.97. The number of benzene rings is 2. The Bertz CT molecular complexity index is 992. The van der Waals surface area contributed by atoms with Crippen LogP contribution in [0.25, 0.3) is 0 Å². The second kappa shape index (κ2) is 8.63. The monoisotopic (exact) mass is 442 g/mol. The largest absolute Gasteiger partial charge is 0.419 e. The lowest BCUT2D eigenvalue weighted by Crippen LogP contribution is -2.36. The molecule has 0 fully saturated rings. The lowest BCUT2D eigenvalue weighted by molar-refractivity contribution is -0.140. The van der Waals surface area contributed by atoms with Gasteiger partial charge >= 0.3 is 6.18 Å². The van der Waals surface area contributed by atoms with Gasteiger partial charge in [0.1, 0.15) is 5.82 Å². The van der Waals surface area contributed by atoms with E-state index in [1.54, 1.807) is 24.0 Å². The van der Waals surface area contributed by atoms with Crippen LogP contribution in [-0.2, 0) is 35.2 Å². The molecule has 0 atom stereocenters. The Morgan fingerprint density at radius 2 is 1.93 bits per heavy atom. The highest BCUT2D eigenvalue weighted by molar-refractivity contribution is 6.34. The van der Waals surface area contributed by atoms with E-state index in [0.717, 1.165) is 17.2 Å². The van der Waals surface area contributed by atoms with Gasteiger partial charge < -0.3 is 10.2 Å². The summed E-state index contributed by atoms with van der Waals surface area (Å²) in [7, 11) is 0. The molecule has 2 amide bonds. The summed E-state index contributed by atoms with van der Waals surface area (Å²) >= 11 is 6.25. The van der Waals surface area contributed by atoms with Crippen LogP contribution in [0, 0.1) is 5.82 Å². The quantitative estimate of drug-likeness (QED) is 0.679. The van der Waals surface area contributed by atoms with E-state index in [1.165, 1.54) is 0 Å². The first kappa shape index (κ1) is 22.1. The number of nitrogens with one attached hydrogen (secondary N) is 1. The van der Waals surface area contributed by atoms with Crippen molar-refractivity contribution >= 4 is 29.1 Å². The van der Waals surface area contributed by atoms with Gasteiger partial charge in [0.15, 0.2) is 0 Å². The molecule has 1 aliphatic rings. The van der Waals surface area contributed by atoms with E-state index >= 15 is 0 Å². The molecule has 9 heteroatoms. The third-order valence-electron chi connectivity index (χ3n) is 4.98. The number of anilines is 1. The molecule has 0 saturated carbocycles. The number of hydrogen-bond donors (Lipinski definition) is 1. The molecule has 2 aromatic rings. The molecule has 160 valence electrons. The van der Waals surface area contributed by atoms with E-state index in [0.29, 0.717) is 48.8 Å². The third kappa shape index (κ3) is 4.75. The minimum atomic E-state index is -4.80. The molecule has 0 radical (unpaired) electrons. The van der Waals surface area contributed by atoms with Gasteiger partial charge in [-0.05, 0) is 41.3 Å². The number of fused-ring (bicyclic) bond motifs is 1. The summed E-state index contributed by atoms with van der Waals surface area (Å²) in [6.45, 7) is 2.69. The fraction of sp³-hybridized carbons (Fsp3) is 0.333. The maximum absolute atomic E-state index is 13.7. The number of carbonyl (C=O) groups excluding carboxylic acids is 2. The number of amides is 2. The Balaban J connectivity index is 1.76. The van der Waals surface area contributed by atoms with Crippen molar-refractivity contribution in [2.75, 3.05) is 11.9 Å². The number of hydrogen-bond acceptors (Lipinski definition) is 2. The Kier molecular flexibility index (Phi) is 6.36. The van der Waals surface area contributed by atoms with Crippen LogP contribution >= 0.6 is 11.6 Å². The Morgan fingerprint density at radius 1 is 1.20 bits per heavy atom. The van der Waals surface area contributed by atoms with Crippen molar-refractivity contribution in [2.24, 2.45) is 0 Å². The fourth-order valence-corrected chi connectivity index (χ4v) is 3.69. The minimum Gasteiger partial charge on any atom is -0.338 e. The number of alkyl halides is 3. The van der Waals surface area contributed by atoms with Crippen molar-refractivity contribution in [2.45, 2.75) is 38.9 Å². The molecule has 4 nitrogen and oxygen atoms in total. The number of rotatable bonds is 4. The van der Waals surface area contributed by atoms with Gasteiger partial charge in [-0.15, -0.1) is 0 Å². The highest BCUT2D eigenvalue weighted by atomic mass is 35.5. The van der Waals surface area contributed by atoms with E-state index in [4.69, 9.17) is 11.6 Å². The smallest absolute Gasteiger partial charge is 0.338 e. The van der Waals surface area contributed by atoms with Gasteiger partial charge in [-0.2, -0.15) is 13.2 Å². The van der Waals surface area contributed by atoms with E-state index in [-0.39, 0.29) is 17.9 Å². The third-order valence-corrected chi connectivity index (χ3v) is 5.29. The first-order chi connectivity index (χ1) is 14.1. The van der Waals surface area contributed by atoms with E-state index in [1.807, 2.05) is 0 Å². The SMILES string of the molecule is CCC(=O)N1CCc2c(ccc(Cl)c2NC(=O)Cc2ccc(C(F)(F)F)c(F)c2)C1. The highest BCUT2D eigenvalue weighted by Crippen LogP contribution is 2.34. The van der Waals surface area contributed by atoms with Crippen LogP contribution in [0.2, 0.25) is 5.02 Å². The summed E-state index contributed by atoms with van der Waals surface area (Å²) in [4.78, 5) is 26.1. The molecule has 2 aromatic carbocycles. The molecule has 1 aliphatic heterocycles. The number of nitrogens with zero attached hydrogens (tertiary/aromatic N) is 1. The summed E-state index contributed by atoms with van der Waals surface area (Å²) in [6, 6.07) is 5.82. The normalized spacial score (nSPS) is 13.7. The zero-order valence-electron chi connectivity index (χ0n) is 16.1. The second-order valence-corrected chi connectivity index (χ2v) is 7.42. The van der Waals surface area contributed by atoms with Gasteiger partial charge in [-0.1, -0.05) is 30.7 Å². The van der Waals surface area contributed by atoms with Gasteiger partial charge in [0.2, 0.25) is 11.8 Å². The summed E-state index contributed by atoms with van der Waals surface area (Å²) in [5.74, 6) is -1.93. The van der Waals surface area contributed by atoms with Crippen molar-refractivity contribution in [3.63, 3.8) is 0 Å². The maximum atomic E-state index is 13.7. The number of halogens is 5. The van der Waals surface area contributed by atoms with Crippen LogP contribution in [-0.4, -0.2) is 23.3 Å². The molecule has 0 spiro atoms. The van der Waals surface area contributed by atoms with Crippen LogP contribution in [0.5, 0.6) is 0 Å². The molecular formula is C21H19ClF4N2O2. The van der Waals surface area contributed by atoms with Crippen LogP contribution in [0.4, 0.5) is 23.2 Å². The average molecular weight is 443 g/mol. The zero-order valence-corrected chi connectivity index (χ0v) is 16.8. The molecule has 0 bridgehead atoms. The summed E-state index contributed by atoms with van der Waals surface area (Å²) in [5.41, 5.74) is 0.824. The van der Waals surface area contributed by atoms with Gasteiger partial charge in [0.05, 0.1) is 22.7 Å². The fourth-order valence-electron chi connectivity index (χ4n) is 3.47. The zero-order chi connectivity index (χ0) is 22.1. The van der Waals surface area contributed by atoms with E-state index in [2.05, 4.69) is 5.32 Å². The van der Waals surface area contributed by atoms with Gasteiger partial charge in [-0.3, -0.25) is 9.59 Å². The summed E-state index contributed by atoms with van der Waals surface area (Å²) in [5, 5.41) is 3.01. The standard InChI is InChI=1S/C21H19ClF4N2O2/c1-2-19(30)28-8-7-14-13(11-28)4-6-16(22)20(14)27-18(29)10-12-3-5-15(17(23)9-12)21(24,25)26/h3-6,9H,2,7-8,10-11H2,1H3,(H,27,29). The molecule has 0 saturated heterocycles. The van der Waals surface area contributed by atoms with Gasteiger partial charge in [-0.25, -0.2) is 4.39 Å². The van der Waals surface area contributed by atoms with E-state index < -0.39 is 23.5 Å². The van der Waals surface area contributed by atoms with Crippen molar-refractivity contribution < 1.29 is 27.2 Å². The second-order valence-electron chi connectivity index (χ2n) is 7.02. The molecule has 1 heterocycles. The Morgan fingerprint density at radius 3 is 2.57 bits per heavy atom. The lowest BCUT2D eigenvalue weighted by Gasteiger charge is -2.30. The van der Waals surface area contributed by atoms with Crippen molar-refractivity contribution in [1.29, 1.82) is 0 Å². The predicted octanol–water partition coefficient (Wildman–Crippen LogP) is 4.97. The van der Waals surface area contributed by atoms with Crippen LogP contribution in [0.3, 0.4) is 0 Å². The molecular weight excluding hydrogens is 424 g/mol. The van der Waals surface area contributed by atoms with E-state index in [9.17, 15) is 27.2 Å². The molecule has 1 N–H and O–H groups in total. The summed E-state index contributed by atoms with van der Waals surface area (Å²) < 4.78 is 51.8. The van der Waals surface area contributed by atoms with Crippen molar-refractivity contribution in [3.8, 4) is 0 Å². The maximum Gasteiger partial charge on any atom is 0.419 e. The number of carbonyl (C=O) groups is 2. The van der Waals surface area contributed by atoms with Crippen molar-refractivity contribution in [3.05, 3.63) is 63.4 Å². The van der Waals surface area contributed by atoms with Gasteiger partial charge in [0, 0.05) is 19.5 Å². The average Bonchev–Trinajstić information content (AvgIpc) is 2.68. The Hall–Kier alpha value is -2.61. The highest BCUT2D eigenvalue weighted by Gasteiger charge is 2.34. The van der Waals surface area contributed by atoms with Crippen LogP contribution in [0.1, 0.15) is 35.6 Å². The Labute approximate surface area is 175 Å².